The summed E-state index contributed by atoms with van der Waals surface area (Å²) in [6.45, 7) is 3.32. The third kappa shape index (κ3) is 3.57. The van der Waals surface area contributed by atoms with E-state index in [9.17, 15) is 18.3 Å². The second kappa shape index (κ2) is 6.80. The average Bonchev–Trinajstić information content (AvgIpc) is 2.72. The summed E-state index contributed by atoms with van der Waals surface area (Å²) in [6.07, 6.45) is 5.18. The molecule has 0 aliphatic heterocycles. The van der Waals surface area contributed by atoms with Crippen molar-refractivity contribution >= 4 is 27.0 Å². The number of benzene rings is 1. The third-order valence-corrected chi connectivity index (χ3v) is 6.14. The smallest absolute Gasteiger partial charge is 0.322 e. The maximum absolute atomic E-state index is 12.6. The number of hydrogen-bond acceptors (Lipinski definition) is 4. The van der Waals surface area contributed by atoms with Gasteiger partial charge >= 0.3 is 5.97 Å². The minimum atomic E-state index is -3.94. The lowest BCUT2D eigenvalue weighted by atomic mass is 10.1. The number of fused-ring (bicyclic) bond motifs is 3. The zero-order valence-corrected chi connectivity index (χ0v) is 15.2. The monoisotopic (exact) mass is 365 g/mol. The normalized spacial score (nSPS) is 16.6. The summed E-state index contributed by atoms with van der Waals surface area (Å²) in [4.78, 5) is 11.3. The number of aryl methyl sites for hydroxylation is 2. The number of rotatable bonds is 5. The Labute approximate surface area is 147 Å². The molecular weight excluding hydrogens is 342 g/mol. The van der Waals surface area contributed by atoms with Crippen molar-refractivity contribution in [1.29, 1.82) is 0 Å². The maximum Gasteiger partial charge on any atom is 0.322 e. The molecule has 136 valence electrons. The first-order valence-electron chi connectivity index (χ1n) is 8.59. The number of carboxylic acid groups (broad SMARTS) is 1. The zero-order chi connectivity index (χ0) is 18.2. The van der Waals surface area contributed by atoms with Crippen molar-refractivity contribution in [2.75, 3.05) is 0 Å². The van der Waals surface area contributed by atoms with Crippen LogP contribution in [-0.2, 0) is 27.7 Å². The summed E-state index contributed by atoms with van der Waals surface area (Å²) >= 11 is 0. The van der Waals surface area contributed by atoms with E-state index in [1.54, 1.807) is 19.9 Å². The SMILES string of the molecule is CC(C)C(NS(=O)(=O)c1ccc2c3c(oc2c1)CCCCC3)C(=O)O. The van der Waals surface area contributed by atoms with Crippen LogP contribution in [0.2, 0.25) is 0 Å². The molecule has 2 N–H and O–H groups in total. The van der Waals surface area contributed by atoms with E-state index in [1.165, 1.54) is 24.1 Å². The Kier molecular flexibility index (Phi) is 4.88. The Morgan fingerprint density at radius 3 is 2.60 bits per heavy atom. The fraction of sp³-hybridized carbons (Fsp3) is 0.500. The van der Waals surface area contributed by atoms with Crippen molar-refractivity contribution in [3.63, 3.8) is 0 Å². The molecule has 6 nitrogen and oxygen atoms in total. The Morgan fingerprint density at radius 2 is 1.92 bits per heavy atom. The molecule has 2 aromatic rings. The van der Waals surface area contributed by atoms with Gasteiger partial charge < -0.3 is 9.52 Å². The van der Waals surface area contributed by atoms with Gasteiger partial charge in [0.25, 0.3) is 0 Å². The minimum Gasteiger partial charge on any atom is -0.480 e. The number of furan rings is 1. The average molecular weight is 365 g/mol. The van der Waals surface area contributed by atoms with Crippen LogP contribution in [0.1, 0.15) is 44.4 Å². The van der Waals surface area contributed by atoms with Crippen LogP contribution < -0.4 is 4.72 Å². The highest BCUT2D eigenvalue weighted by Gasteiger charge is 2.28. The van der Waals surface area contributed by atoms with Crippen LogP contribution in [0.5, 0.6) is 0 Å². The zero-order valence-electron chi connectivity index (χ0n) is 14.4. The van der Waals surface area contributed by atoms with Crippen molar-refractivity contribution in [1.82, 2.24) is 4.72 Å². The summed E-state index contributed by atoms with van der Waals surface area (Å²) in [6, 6.07) is 3.60. The Hall–Kier alpha value is -1.86. The summed E-state index contributed by atoms with van der Waals surface area (Å²) in [5.41, 5.74) is 1.72. The van der Waals surface area contributed by atoms with E-state index in [4.69, 9.17) is 4.42 Å². The maximum atomic E-state index is 12.6. The number of aliphatic carboxylic acids is 1. The molecule has 0 fully saturated rings. The minimum absolute atomic E-state index is 0.0239. The summed E-state index contributed by atoms with van der Waals surface area (Å²) < 4.78 is 33.3. The van der Waals surface area contributed by atoms with Gasteiger partial charge in [-0.1, -0.05) is 20.3 Å². The number of carboxylic acids is 1. The van der Waals surface area contributed by atoms with Crippen LogP contribution in [0.4, 0.5) is 0 Å². The topological polar surface area (TPSA) is 96.6 Å². The van der Waals surface area contributed by atoms with E-state index in [1.807, 2.05) is 0 Å². The molecule has 1 atom stereocenters. The van der Waals surface area contributed by atoms with Crippen LogP contribution in [0.3, 0.4) is 0 Å². The lowest BCUT2D eigenvalue weighted by Crippen LogP contribution is -2.44. The quantitative estimate of drug-likeness (QED) is 0.794. The van der Waals surface area contributed by atoms with Gasteiger partial charge in [0.05, 0.1) is 4.90 Å². The number of nitrogens with one attached hydrogen (secondary N) is 1. The summed E-state index contributed by atoms with van der Waals surface area (Å²) in [7, 11) is -3.94. The molecule has 0 saturated heterocycles. The number of sulfonamides is 1. The number of carbonyl (C=O) groups is 1. The fourth-order valence-corrected chi connectivity index (χ4v) is 4.65. The molecule has 1 aliphatic rings. The second-order valence-corrected chi connectivity index (χ2v) is 8.62. The van der Waals surface area contributed by atoms with Gasteiger partial charge in [-0.05, 0) is 37.3 Å². The van der Waals surface area contributed by atoms with Gasteiger partial charge in [-0.25, -0.2) is 8.42 Å². The highest BCUT2D eigenvalue weighted by molar-refractivity contribution is 7.89. The van der Waals surface area contributed by atoms with Crippen LogP contribution in [0.15, 0.2) is 27.5 Å². The van der Waals surface area contributed by atoms with E-state index in [0.717, 1.165) is 36.8 Å². The molecule has 0 amide bonds. The van der Waals surface area contributed by atoms with Gasteiger partial charge in [-0.3, -0.25) is 4.79 Å². The molecule has 0 spiro atoms. The third-order valence-electron chi connectivity index (χ3n) is 4.70. The second-order valence-electron chi connectivity index (χ2n) is 6.90. The summed E-state index contributed by atoms with van der Waals surface area (Å²) in [5.74, 6) is -0.611. The van der Waals surface area contributed by atoms with Crippen LogP contribution in [0, 0.1) is 5.92 Å². The van der Waals surface area contributed by atoms with Crippen LogP contribution in [0.25, 0.3) is 11.0 Å². The molecule has 7 heteroatoms. The standard InChI is InChI=1S/C18H23NO5S/c1-11(2)17(18(20)21)19-25(22,23)12-8-9-14-13-6-4-3-5-7-15(13)24-16(14)10-12/h8-11,17,19H,3-7H2,1-2H3,(H,20,21). The molecule has 1 heterocycles. The van der Waals surface area contributed by atoms with Gasteiger partial charge in [-0.15, -0.1) is 0 Å². The van der Waals surface area contributed by atoms with E-state index in [0.29, 0.717) is 5.58 Å². The molecule has 1 aromatic heterocycles. The molecule has 25 heavy (non-hydrogen) atoms. The first-order chi connectivity index (χ1) is 11.8. The largest absolute Gasteiger partial charge is 0.480 e. The Morgan fingerprint density at radius 1 is 1.20 bits per heavy atom. The van der Waals surface area contributed by atoms with E-state index >= 15 is 0 Å². The first-order valence-corrected chi connectivity index (χ1v) is 10.1. The van der Waals surface area contributed by atoms with Gasteiger partial charge in [-0.2, -0.15) is 4.72 Å². The molecule has 0 saturated carbocycles. The molecular formula is C18H23NO5S. The molecule has 1 aromatic carbocycles. The predicted octanol–water partition coefficient (Wildman–Crippen LogP) is 3.09. The van der Waals surface area contributed by atoms with E-state index < -0.39 is 22.0 Å². The van der Waals surface area contributed by atoms with Crippen LogP contribution >= 0.6 is 0 Å². The van der Waals surface area contributed by atoms with Crippen molar-refractivity contribution < 1.29 is 22.7 Å². The Balaban J connectivity index is 1.97. The molecule has 1 aliphatic carbocycles. The molecule has 0 radical (unpaired) electrons. The predicted molar refractivity (Wildman–Crippen MR) is 94.1 cm³/mol. The molecule has 0 bridgehead atoms. The van der Waals surface area contributed by atoms with Crippen molar-refractivity contribution in [3.8, 4) is 0 Å². The van der Waals surface area contributed by atoms with Gasteiger partial charge in [0.15, 0.2) is 0 Å². The van der Waals surface area contributed by atoms with E-state index in [2.05, 4.69) is 4.72 Å². The lowest BCUT2D eigenvalue weighted by Gasteiger charge is -2.17. The van der Waals surface area contributed by atoms with Crippen LogP contribution in [-0.4, -0.2) is 25.5 Å². The molecule has 3 rings (SSSR count). The number of hydrogen-bond donors (Lipinski definition) is 2. The summed E-state index contributed by atoms with van der Waals surface area (Å²) in [5, 5.41) is 10.2. The van der Waals surface area contributed by atoms with Crippen molar-refractivity contribution in [3.05, 3.63) is 29.5 Å². The first kappa shape index (κ1) is 17.9. The van der Waals surface area contributed by atoms with Crippen molar-refractivity contribution in [2.24, 2.45) is 5.92 Å². The lowest BCUT2D eigenvalue weighted by molar-refractivity contribution is -0.140. The van der Waals surface area contributed by atoms with Gasteiger partial charge in [0.1, 0.15) is 17.4 Å². The fourth-order valence-electron chi connectivity index (χ4n) is 3.30. The highest BCUT2D eigenvalue weighted by atomic mass is 32.2. The highest BCUT2D eigenvalue weighted by Crippen LogP contribution is 2.32. The van der Waals surface area contributed by atoms with Gasteiger partial charge in [0, 0.05) is 23.4 Å². The van der Waals surface area contributed by atoms with Gasteiger partial charge in [0.2, 0.25) is 10.0 Å². The van der Waals surface area contributed by atoms with Crippen molar-refractivity contribution in [2.45, 2.75) is 56.9 Å². The Bertz CT molecular complexity index is 898. The van der Waals surface area contributed by atoms with E-state index in [-0.39, 0.29) is 10.8 Å². The molecule has 1 unspecified atom stereocenters.